The maximum Gasteiger partial charge on any atom is 0.224 e. The number of nitrogens with one attached hydrogen (secondary N) is 2. The van der Waals surface area contributed by atoms with E-state index in [1.54, 1.807) is 0 Å². The average molecular weight is 422 g/mol. The van der Waals surface area contributed by atoms with Gasteiger partial charge in [-0.05, 0) is 50.9 Å². The van der Waals surface area contributed by atoms with Gasteiger partial charge in [-0.2, -0.15) is 0 Å². The Balaban J connectivity index is 0.00000288. The van der Waals surface area contributed by atoms with Gasteiger partial charge >= 0.3 is 0 Å². The van der Waals surface area contributed by atoms with Crippen LogP contribution in [0.1, 0.15) is 32.3 Å². The van der Waals surface area contributed by atoms with Crippen LogP contribution in [0.15, 0.2) is 16.6 Å². The molecule has 1 unspecified atom stereocenters. The van der Waals surface area contributed by atoms with Gasteiger partial charge in [0.05, 0.1) is 19.6 Å². The van der Waals surface area contributed by atoms with Crippen molar-refractivity contribution < 1.29 is 14.3 Å². The van der Waals surface area contributed by atoms with Crippen molar-refractivity contribution in [3.8, 4) is 11.5 Å². The summed E-state index contributed by atoms with van der Waals surface area (Å²) in [6.07, 6.45) is 2.46. The quantitative estimate of drug-likeness (QED) is 0.710. The first-order valence-electron chi connectivity index (χ1n) is 8.22. The molecule has 5 nitrogen and oxygen atoms in total. The molecule has 1 atom stereocenters. The number of amides is 1. The normalized spacial score (nSPS) is 16.9. The first-order valence-corrected chi connectivity index (χ1v) is 9.01. The molecular weight excluding hydrogens is 396 g/mol. The fraction of sp³-hybridized carbons (Fsp3) is 0.588. The molecule has 7 heteroatoms. The lowest BCUT2D eigenvalue weighted by Crippen LogP contribution is -2.46. The number of benzene rings is 1. The molecule has 0 saturated carbocycles. The molecule has 1 aromatic rings. The number of hydrogen-bond donors (Lipinski definition) is 2. The fourth-order valence-electron chi connectivity index (χ4n) is 2.68. The largest absolute Gasteiger partial charge is 0.490 e. The molecule has 0 radical (unpaired) electrons. The lowest BCUT2D eigenvalue weighted by Gasteiger charge is -2.24. The Morgan fingerprint density at radius 3 is 2.54 bits per heavy atom. The van der Waals surface area contributed by atoms with Crippen LogP contribution in [0.2, 0.25) is 0 Å². The highest BCUT2D eigenvalue weighted by molar-refractivity contribution is 9.10. The van der Waals surface area contributed by atoms with E-state index in [1.807, 2.05) is 26.0 Å². The molecule has 2 rings (SSSR count). The summed E-state index contributed by atoms with van der Waals surface area (Å²) < 4.78 is 12.1. The topological polar surface area (TPSA) is 59.6 Å². The third kappa shape index (κ3) is 6.15. The molecular formula is C17H26BrClN2O3. The van der Waals surface area contributed by atoms with Gasteiger partial charge in [0.15, 0.2) is 11.5 Å². The number of carbonyl (C=O) groups excluding carboxylic acids is 1. The van der Waals surface area contributed by atoms with E-state index in [1.165, 1.54) is 0 Å². The molecule has 24 heavy (non-hydrogen) atoms. The van der Waals surface area contributed by atoms with Crippen molar-refractivity contribution in [3.63, 3.8) is 0 Å². The molecule has 0 aromatic heterocycles. The van der Waals surface area contributed by atoms with Crippen molar-refractivity contribution in [3.05, 3.63) is 22.2 Å². The standard InChI is InChI=1S/C17H25BrN2O3.ClH/c1-3-22-15-8-12(14(18)10-16(15)23-4-2)9-17(21)20-13-6-5-7-19-11-13;/h8,10,13,19H,3-7,9,11H2,1-2H3,(H,20,21);1H. The van der Waals surface area contributed by atoms with E-state index < -0.39 is 0 Å². The predicted molar refractivity (Wildman–Crippen MR) is 101 cm³/mol. The van der Waals surface area contributed by atoms with Gasteiger partial charge in [0.25, 0.3) is 0 Å². The molecule has 1 heterocycles. The second kappa shape index (κ2) is 10.8. The minimum Gasteiger partial charge on any atom is -0.490 e. The zero-order valence-corrected chi connectivity index (χ0v) is 16.6. The van der Waals surface area contributed by atoms with E-state index in [0.29, 0.717) is 31.1 Å². The van der Waals surface area contributed by atoms with Crippen LogP contribution >= 0.6 is 28.3 Å². The van der Waals surface area contributed by atoms with Gasteiger partial charge < -0.3 is 20.1 Å². The zero-order valence-electron chi connectivity index (χ0n) is 14.2. The minimum absolute atomic E-state index is 0. The Hall–Kier alpha value is -0.980. The van der Waals surface area contributed by atoms with Crippen molar-refractivity contribution in [2.75, 3.05) is 26.3 Å². The van der Waals surface area contributed by atoms with Crippen LogP contribution in [0.25, 0.3) is 0 Å². The molecule has 0 bridgehead atoms. The van der Waals surface area contributed by atoms with E-state index in [-0.39, 0.29) is 24.4 Å². The maximum atomic E-state index is 12.3. The van der Waals surface area contributed by atoms with E-state index in [4.69, 9.17) is 9.47 Å². The number of rotatable bonds is 7. The summed E-state index contributed by atoms with van der Waals surface area (Å²) in [4.78, 5) is 12.3. The third-order valence-electron chi connectivity index (χ3n) is 3.73. The second-order valence-electron chi connectivity index (χ2n) is 5.54. The zero-order chi connectivity index (χ0) is 16.7. The summed E-state index contributed by atoms with van der Waals surface area (Å²) in [5, 5.41) is 6.39. The Morgan fingerprint density at radius 1 is 1.29 bits per heavy atom. The molecule has 1 amide bonds. The lowest BCUT2D eigenvalue weighted by molar-refractivity contribution is -0.121. The number of carbonyl (C=O) groups is 1. The first-order chi connectivity index (χ1) is 11.1. The lowest BCUT2D eigenvalue weighted by atomic mass is 10.1. The summed E-state index contributed by atoms with van der Waals surface area (Å²) >= 11 is 3.53. The average Bonchev–Trinajstić information content (AvgIpc) is 2.53. The molecule has 2 N–H and O–H groups in total. The van der Waals surface area contributed by atoms with Gasteiger partial charge in [0.1, 0.15) is 0 Å². The fourth-order valence-corrected chi connectivity index (χ4v) is 3.14. The van der Waals surface area contributed by atoms with Crippen molar-refractivity contribution in [1.29, 1.82) is 0 Å². The number of halogens is 2. The van der Waals surface area contributed by atoms with Crippen molar-refractivity contribution in [2.24, 2.45) is 0 Å². The Morgan fingerprint density at radius 2 is 1.96 bits per heavy atom. The van der Waals surface area contributed by atoms with E-state index in [0.717, 1.165) is 36.0 Å². The van der Waals surface area contributed by atoms with Gasteiger partial charge in [-0.15, -0.1) is 12.4 Å². The van der Waals surface area contributed by atoms with Crippen LogP contribution in [0, 0.1) is 0 Å². The Labute approximate surface area is 158 Å². The number of piperidine rings is 1. The molecule has 0 spiro atoms. The second-order valence-corrected chi connectivity index (χ2v) is 6.40. The molecule has 1 aliphatic rings. The van der Waals surface area contributed by atoms with E-state index >= 15 is 0 Å². The maximum absolute atomic E-state index is 12.3. The van der Waals surface area contributed by atoms with Gasteiger partial charge in [0, 0.05) is 17.1 Å². The number of ether oxygens (including phenoxy) is 2. The van der Waals surface area contributed by atoms with Crippen LogP contribution < -0.4 is 20.1 Å². The van der Waals surface area contributed by atoms with Crippen LogP contribution in [-0.4, -0.2) is 38.3 Å². The summed E-state index contributed by atoms with van der Waals surface area (Å²) in [6.45, 7) is 6.88. The van der Waals surface area contributed by atoms with Crippen LogP contribution in [-0.2, 0) is 11.2 Å². The highest BCUT2D eigenvalue weighted by atomic mass is 79.9. The summed E-state index contributed by atoms with van der Waals surface area (Å²) in [7, 11) is 0. The van der Waals surface area contributed by atoms with E-state index in [2.05, 4.69) is 26.6 Å². The molecule has 1 saturated heterocycles. The van der Waals surface area contributed by atoms with Gasteiger partial charge in [0.2, 0.25) is 5.91 Å². The van der Waals surface area contributed by atoms with Crippen molar-refractivity contribution in [1.82, 2.24) is 10.6 Å². The molecule has 1 aromatic carbocycles. The van der Waals surface area contributed by atoms with Crippen molar-refractivity contribution >= 4 is 34.2 Å². The third-order valence-corrected chi connectivity index (χ3v) is 4.46. The predicted octanol–water partition coefficient (Wildman–Crippen LogP) is 3.08. The molecule has 1 aliphatic heterocycles. The van der Waals surface area contributed by atoms with Crippen LogP contribution in [0.5, 0.6) is 11.5 Å². The van der Waals surface area contributed by atoms with Crippen LogP contribution in [0.3, 0.4) is 0 Å². The van der Waals surface area contributed by atoms with Crippen molar-refractivity contribution in [2.45, 2.75) is 39.2 Å². The van der Waals surface area contributed by atoms with Crippen LogP contribution in [0.4, 0.5) is 0 Å². The van der Waals surface area contributed by atoms with Gasteiger partial charge in [-0.3, -0.25) is 4.79 Å². The Kier molecular flexibility index (Phi) is 9.48. The highest BCUT2D eigenvalue weighted by Crippen LogP contribution is 2.34. The molecule has 1 fully saturated rings. The monoisotopic (exact) mass is 420 g/mol. The molecule has 136 valence electrons. The first kappa shape index (κ1) is 21.1. The minimum atomic E-state index is 0. The van der Waals surface area contributed by atoms with Gasteiger partial charge in [-0.1, -0.05) is 15.9 Å². The van der Waals surface area contributed by atoms with Gasteiger partial charge in [-0.25, -0.2) is 0 Å². The summed E-state index contributed by atoms with van der Waals surface area (Å²) in [6, 6.07) is 3.99. The Bertz CT molecular complexity index is 537. The molecule has 0 aliphatic carbocycles. The van der Waals surface area contributed by atoms with E-state index in [9.17, 15) is 4.79 Å². The smallest absolute Gasteiger partial charge is 0.224 e. The summed E-state index contributed by atoms with van der Waals surface area (Å²) in [5.74, 6) is 1.41. The number of hydrogen-bond acceptors (Lipinski definition) is 4. The summed E-state index contributed by atoms with van der Waals surface area (Å²) in [5.41, 5.74) is 0.901. The highest BCUT2D eigenvalue weighted by Gasteiger charge is 2.17. The SMILES string of the molecule is CCOc1cc(Br)c(CC(=O)NC2CCCNC2)cc1OCC.Cl.